The molecule has 0 heterocycles. The number of aliphatic hydroxyl groups excluding tert-OH is 1. The Hall–Kier alpha value is -2.18. The van der Waals surface area contributed by atoms with E-state index in [1.807, 2.05) is 0 Å². The van der Waals surface area contributed by atoms with Gasteiger partial charge in [0, 0.05) is 29.9 Å². The van der Waals surface area contributed by atoms with Gasteiger partial charge < -0.3 is 25.8 Å². The first-order valence-electron chi connectivity index (χ1n) is 13.1. The highest BCUT2D eigenvalue weighted by atomic mass is 16.9. The van der Waals surface area contributed by atoms with Crippen molar-refractivity contribution in [3.8, 4) is 5.75 Å². The zero-order chi connectivity index (χ0) is 27.9. The lowest BCUT2D eigenvalue weighted by Gasteiger charge is -2.40. The van der Waals surface area contributed by atoms with E-state index in [1.165, 1.54) is 7.05 Å². The quantitative estimate of drug-likeness (QED) is 0.262. The Morgan fingerprint density at radius 3 is 2.00 bits per heavy atom. The number of nitrogens with one attached hydrogen (secondary N) is 2. The maximum absolute atomic E-state index is 11.8. The van der Waals surface area contributed by atoms with Crippen LogP contribution in [0.2, 0.25) is 0 Å². The molecule has 0 aromatic heterocycles. The molecule has 6 heteroatoms. The number of benzene rings is 1. The van der Waals surface area contributed by atoms with E-state index in [9.17, 15) is 10.3 Å². The van der Waals surface area contributed by atoms with Crippen molar-refractivity contribution >= 4 is 5.69 Å². The SMILES string of the molecule is CCc1cc(NC(C)(C)NC2=CC(C(C)(C)C)=C(O)C(C(C)(C)C)C2)cc(C(C)(C)C)c1ON(C)[O-]. The number of aliphatic hydroxyl groups is 1. The highest BCUT2D eigenvalue weighted by Crippen LogP contribution is 2.44. The molecular weight excluding hydrogens is 450 g/mol. The van der Waals surface area contributed by atoms with Gasteiger partial charge in [0.05, 0.1) is 5.76 Å². The predicted molar refractivity (Wildman–Crippen MR) is 152 cm³/mol. The van der Waals surface area contributed by atoms with E-state index in [4.69, 9.17) is 4.84 Å². The van der Waals surface area contributed by atoms with Crippen molar-refractivity contribution < 1.29 is 9.94 Å². The van der Waals surface area contributed by atoms with Crippen LogP contribution in [0.1, 0.15) is 101 Å². The average molecular weight is 501 g/mol. The predicted octanol–water partition coefficient (Wildman–Crippen LogP) is 7.82. The van der Waals surface area contributed by atoms with Crippen LogP contribution in [0.25, 0.3) is 0 Å². The summed E-state index contributed by atoms with van der Waals surface area (Å²) < 4.78 is 0. The molecule has 0 spiro atoms. The zero-order valence-corrected chi connectivity index (χ0v) is 24.9. The largest absolute Gasteiger partial charge is 0.753 e. The zero-order valence-electron chi connectivity index (χ0n) is 24.9. The second kappa shape index (κ2) is 10.3. The normalized spacial score (nSPS) is 17.9. The summed E-state index contributed by atoms with van der Waals surface area (Å²) in [6.45, 7) is 25.7. The molecule has 3 N–H and O–H groups in total. The molecule has 0 fully saturated rings. The van der Waals surface area contributed by atoms with Crippen molar-refractivity contribution in [1.29, 1.82) is 0 Å². The first kappa shape index (κ1) is 30.0. The summed E-state index contributed by atoms with van der Waals surface area (Å²) in [5.74, 6) is 1.18. The van der Waals surface area contributed by atoms with E-state index >= 15 is 0 Å². The van der Waals surface area contributed by atoms with E-state index in [0.29, 0.717) is 16.7 Å². The lowest BCUT2D eigenvalue weighted by Crippen LogP contribution is -2.47. The molecule has 0 amide bonds. The van der Waals surface area contributed by atoms with Crippen molar-refractivity contribution in [2.45, 2.75) is 107 Å². The molecule has 0 saturated carbocycles. The van der Waals surface area contributed by atoms with Crippen molar-refractivity contribution in [3.05, 3.63) is 51.6 Å². The lowest BCUT2D eigenvalue weighted by atomic mass is 9.70. The fourth-order valence-electron chi connectivity index (χ4n) is 4.83. The number of anilines is 1. The Morgan fingerprint density at radius 1 is 0.972 bits per heavy atom. The van der Waals surface area contributed by atoms with Crippen LogP contribution in [0, 0.1) is 22.0 Å². The van der Waals surface area contributed by atoms with Crippen LogP contribution in [-0.4, -0.2) is 23.0 Å². The summed E-state index contributed by atoms with van der Waals surface area (Å²) in [5, 5.41) is 30.8. The maximum Gasteiger partial charge on any atom is 0.153 e. The molecule has 0 aliphatic heterocycles. The van der Waals surface area contributed by atoms with Gasteiger partial charge >= 0.3 is 0 Å². The molecule has 1 unspecified atom stereocenters. The molecule has 1 aliphatic carbocycles. The number of nitrogens with zero attached hydrogens (tertiary/aromatic N) is 1. The summed E-state index contributed by atoms with van der Waals surface area (Å²) in [6, 6.07) is 4.15. The molecule has 0 radical (unpaired) electrons. The Labute approximate surface area is 219 Å². The minimum Gasteiger partial charge on any atom is -0.753 e. The van der Waals surface area contributed by atoms with Crippen molar-refractivity contribution in [2.75, 3.05) is 12.4 Å². The highest BCUT2D eigenvalue weighted by Gasteiger charge is 2.37. The molecular formula is C30H50N3O3-. The van der Waals surface area contributed by atoms with Gasteiger partial charge in [0.25, 0.3) is 0 Å². The van der Waals surface area contributed by atoms with E-state index < -0.39 is 5.66 Å². The van der Waals surface area contributed by atoms with E-state index in [0.717, 1.165) is 40.9 Å². The van der Waals surface area contributed by atoms with Crippen LogP contribution in [-0.2, 0) is 11.8 Å². The molecule has 0 saturated heterocycles. The van der Waals surface area contributed by atoms with Gasteiger partial charge in [0.15, 0.2) is 5.75 Å². The van der Waals surface area contributed by atoms with Gasteiger partial charge in [-0.05, 0) is 72.3 Å². The minimum absolute atomic E-state index is 0.0368. The monoisotopic (exact) mass is 500 g/mol. The summed E-state index contributed by atoms with van der Waals surface area (Å²) in [6.07, 6.45) is 3.61. The number of hydrogen-bond donors (Lipinski definition) is 3. The third-order valence-electron chi connectivity index (χ3n) is 6.71. The lowest BCUT2D eigenvalue weighted by molar-refractivity contribution is 0.0185. The molecule has 1 aliphatic rings. The Bertz CT molecular complexity index is 1000. The number of allylic oxidation sites excluding steroid dienone is 4. The molecule has 6 nitrogen and oxygen atoms in total. The van der Waals surface area contributed by atoms with Crippen LogP contribution in [0.4, 0.5) is 5.69 Å². The van der Waals surface area contributed by atoms with E-state index in [1.54, 1.807) is 0 Å². The number of hydroxylamine groups is 2. The van der Waals surface area contributed by atoms with Crippen molar-refractivity contribution in [3.63, 3.8) is 0 Å². The summed E-state index contributed by atoms with van der Waals surface area (Å²) in [7, 11) is 1.37. The average Bonchev–Trinajstić information content (AvgIpc) is 2.66. The highest BCUT2D eigenvalue weighted by molar-refractivity contribution is 5.59. The van der Waals surface area contributed by atoms with Crippen LogP contribution in [0.3, 0.4) is 0 Å². The fourth-order valence-corrected chi connectivity index (χ4v) is 4.83. The van der Waals surface area contributed by atoms with Gasteiger partial charge in [0.2, 0.25) is 0 Å². The second-order valence-electron chi connectivity index (χ2n) is 13.9. The Balaban J connectivity index is 2.46. The second-order valence-corrected chi connectivity index (χ2v) is 13.9. The summed E-state index contributed by atoms with van der Waals surface area (Å²) in [5.41, 5.74) is 4.11. The smallest absolute Gasteiger partial charge is 0.153 e. The van der Waals surface area contributed by atoms with Gasteiger partial charge in [-0.25, -0.2) is 5.23 Å². The topological polar surface area (TPSA) is 79.8 Å². The third kappa shape index (κ3) is 7.42. The molecule has 1 atom stereocenters. The standard InChI is InChI=1S/C30H50N3O3/c1-14-19-15-20(18-24(29(8,9)10)26(19)36-33(13)35)31-30(11,12)32-21-16-22(27(2,3)4)25(34)23(17-21)28(5,6)7/h15-16,18,23,31-32,34H,14,17H2,1-13H3/q-1. The van der Waals surface area contributed by atoms with Gasteiger partial charge in [0.1, 0.15) is 5.66 Å². The molecule has 2 rings (SSSR count). The summed E-state index contributed by atoms with van der Waals surface area (Å²) >= 11 is 0. The Kier molecular flexibility index (Phi) is 8.59. The Morgan fingerprint density at radius 2 is 1.56 bits per heavy atom. The van der Waals surface area contributed by atoms with Crippen LogP contribution < -0.4 is 15.5 Å². The maximum atomic E-state index is 11.8. The first-order valence-corrected chi connectivity index (χ1v) is 13.1. The van der Waals surface area contributed by atoms with Crippen LogP contribution >= 0.6 is 0 Å². The van der Waals surface area contributed by atoms with E-state index in [2.05, 4.69) is 112 Å². The van der Waals surface area contributed by atoms with Gasteiger partial charge in [-0.3, -0.25) is 0 Å². The van der Waals surface area contributed by atoms with Gasteiger partial charge in [-0.15, -0.1) is 0 Å². The fraction of sp³-hybridized carbons (Fsp3) is 0.667. The van der Waals surface area contributed by atoms with Crippen molar-refractivity contribution in [2.24, 2.45) is 16.7 Å². The first-order chi connectivity index (χ1) is 16.2. The van der Waals surface area contributed by atoms with E-state index in [-0.39, 0.29) is 22.2 Å². The molecule has 1 aromatic carbocycles. The third-order valence-corrected chi connectivity index (χ3v) is 6.71. The number of rotatable bonds is 7. The molecule has 0 bridgehead atoms. The van der Waals surface area contributed by atoms with Crippen LogP contribution in [0.5, 0.6) is 5.75 Å². The minimum atomic E-state index is -0.470. The van der Waals surface area contributed by atoms with Gasteiger partial charge in [-0.1, -0.05) is 69.2 Å². The summed E-state index contributed by atoms with van der Waals surface area (Å²) in [4.78, 5) is 5.59. The number of hydrogen-bond acceptors (Lipinski definition) is 6. The van der Waals surface area contributed by atoms with Crippen LogP contribution in [0.15, 0.2) is 35.2 Å². The van der Waals surface area contributed by atoms with Gasteiger partial charge in [-0.2, -0.15) is 0 Å². The molecule has 1 aromatic rings. The number of aryl methyl sites for hydroxylation is 1. The van der Waals surface area contributed by atoms with Crippen molar-refractivity contribution in [1.82, 2.24) is 10.5 Å². The molecule has 204 valence electrons. The molecule has 36 heavy (non-hydrogen) atoms.